The normalized spacial score (nSPS) is 12.0. The van der Waals surface area contributed by atoms with Gasteiger partial charge in [0.2, 0.25) is 0 Å². The molecule has 0 saturated carbocycles. The highest BCUT2D eigenvalue weighted by Crippen LogP contribution is 2.36. The molecule has 4 aromatic rings. The SMILES string of the molecule is Nc1ccc2c(c1)CCc1nc(NC(=O)c3ccccc3)c(-c3ccccc3)nc1-2. The summed E-state index contributed by atoms with van der Waals surface area (Å²) in [7, 11) is 0. The molecule has 3 N–H and O–H groups in total. The number of aryl methyl sites for hydroxylation is 2. The quantitative estimate of drug-likeness (QED) is 0.493. The van der Waals surface area contributed by atoms with E-state index in [9.17, 15) is 4.79 Å². The molecule has 3 aromatic carbocycles. The zero-order valence-corrected chi connectivity index (χ0v) is 16.3. The van der Waals surface area contributed by atoms with Gasteiger partial charge in [-0.1, -0.05) is 54.6 Å². The number of nitrogens with one attached hydrogen (secondary N) is 1. The molecule has 0 unspecified atom stereocenters. The van der Waals surface area contributed by atoms with Crippen LogP contribution in [0.3, 0.4) is 0 Å². The summed E-state index contributed by atoms with van der Waals surface area (Å²) in [6.45, 7) is 0. The number of aromatic nitrogens is 2. The lowest BCUT2D eigenvalue weighted by Gasteiger charge is -2.21. The van der Waals surface area contributed by atoms with Gasteiger partial charge in [0, 0.05) is 22.4 Å². The van der Waals surface area contributed by atoms with Crippen molar-refractivity contribution < 1.29 is 4.79 Å². The molecule has 0 aliphatic heterocycles. The Morgan fingerprint density at radius 1 is 0.833 bits per heavy atom. The predicted octanol–water partition coefficient (Wildman–Crippen LogP) is 4.74. The number of nitrogens with zero attached hydrogens (tertiary/aromatic N) is 2. The van der Waals surface area contributed by atoms with E-state index >= 15 is 0 Å². The Labute approximate surface area is 174 Å². The van der Waals surface area contributed by atoms with Crippen LogP contribution in [0.25, 0.3) is 22.5 Å². The molecule has 1 amide bonds. The van der Waals surface area contributed by atoms with Crippen molar-refractivity contribution in [1.82, 2.24) is 9.97 Å². The number of rotatable bonds is 3. The van der Waals surface area contributed by atoms with Gasteiger partial charge in [0.1, 0.15) is 5.69 Å². The lowest BCUT2D eigenvalue weighted by Crippen LogP contribution is -2.17. The van der Waals surface area contributed by atoms with Crippen LogP contribution in [0, 0.1) is 0 Å². The topological polar surface area (TPSA) is 80.9 Å². The summed E-state index contributed by atoms with van der Waals surface area (Å²) in [6, 6.07) is 24.8. The summed E-state index contributed by atoms with van der Waals surface area (Å²) in [5.41, 5.74) is 12.8. The van der Waals surface area contributed by atoms with E-state index < -0.39 is 0 Å². The van der Waals surface area contributed by atoms with Gasteiger partial charge in [-0.25, -0.2) is 9.97 Å². The number of nitrogen functional groups attached to an aromatic ring is 1. The van der Waals surface area contributed by atoms with Crippen molar-refractivity contribution in [2.45, 2.75) is 12.8 Å². The van der Waals surface area contributed by atoms with Gasteiger partial charge in [0.25, 0.3) is 5.91 Å². The third-order valence-corrected chi connectivity index (χ3v) is 5.30. The number of anilines is 2. The minimum absolute atomic E-state index is 0.203. The van der Waals surface area contributed by atoms with Gasteiger partial charge in [0.15, 0.2) is 5.82 Å². The van der Waals surface area contributed by atoms with Crippen molar-refractivity contribution in [3.63, 3.8) is 0 Å². The van der Waals surface area contributed by atoms with E-state index in [-0.39, 0.29) is 5.91 Å². The van der Waals surface area contributed by atoms with Crippen molar-refractivity contribution in [1.29, 1.82) is 0 Å². The molecule has 146 valence electrons. The molecular formula is C25H20N4O. The van der Waals surface area contributed by atoms with E-state index in [2.05, 4.69) is 5.32 Å². The molecule has 1 aliphatic carbocycles. The number of amides is 1. The van der Waals surface area contributed by atoms with Crippen LogP contribution in [-0.4, -0.2) is 15.9 Å². The smallest absolute Gasteiger partial charge is 0.256 e. The molecule has 0 radical (unpaired) electrons. The summed E-state index contributed by atoms with van der Waals surface area (Å²) in [5, 5.41) is 2.98. The van der Waals surface area contributed by atoms with Crippen LogP contribution in [0.1, 0.15) is 21.6 Å². The third kappa shape index (κ3) is 3.31. The van der Waals surface area contributed by atoms with Crippen molar-refractivity contribution in [2.75, 3.05) is 11.1 Å². The van der Waals surface area contributed by atoms with E-state index in [1.54, 1.807) is 12.1 Å². The second-order valence-electron chi connectivity index (χ2n) is 7.32. The van der Waals surface area contributed by atoms with E-state index in [4.69, 9.17) is 15.7 Å². The highest BCUT2D eigenvalue weighted by molar-refractivity contribution is 6.05. The van der Waals surface area contributed by atoms with Crippen LogP contribution in [0.2, 0.25) is 0 Å². The van der Waals surface area contributed by atoms with Gasteiger partial charge in [-0.05, 0) is 42.7 Å². The highest BCUT2D eigenvalue weighted by Gasteiger charge is 2.23. The average molecular weight is 392 g/mol. The lowest BCUT2D eigenvalue weighted by atomic mass is 9.91. The van der Waals surface area contributed by atoms with Gasteiger partial charge in [0.05, 0.1) is 11.4 Å². The highest BCUT2D eigenvalue weighted by atomic mass is 16.1. The summed E-state index contributed by atoms with van der Waals surface area (Å²) in [5.74, 6) is 0.277. The average Bonchev–Trinajstić information content (AvgIpc) is 2.79. The van der Waals surface area contributed by atoms with Crippen molar-refractivity contribution >= 4 is 17.4 Å². The molecule has 0 atom stereocenters. The van der Waals surface area contributed by atoms with Crippen LogP contribution in [0.5, 0.6) is 0 Å². The fraction of sp³-hybridized carbons (Fsp3) is 0.0800. The predicted molar refractivity (Wildman–Crippen MR) is 119 cm³/mol. The van der Waals surface area contributed by atoms with Crippen molar-refractivity contribution in [2.24, 2.45) is 0 Å². The molecule has 1 heterocycles. The second kappa shape index (κ2) is 7.44. The number of benzene rings is 3. The molecule has 1 aliphatic rings. The molecule has 0 spiro atoms. The Balaban J connectivity index is 1.64. The summed E-state index contributed by atoms with van der Waals surface area (Å²) < 4.78 is 0. The standard InChI is InChI=1S/C25H20N4O/c26-19-12-13-20-18(15-19)11-14-21-23(20)28-22(16-7-3-1-4-8-16)24(27-21)29-25(30)17-9-5-2-6-10-17/h1-10,12-13,15H,11,14,26H2,(H,27,29,30). The summed E-state index contributed by atoms with van der Waals surface area (Å²) in [4.78, 5) is 22.6. The maximum atomic E-state index is 12.8. The number of carbonyl (C=O) groups is 1. The zero-order valence-electron chi connectivity index (χ0n) is 16.3. The zero-order chi connectivity index (χ0) is 20.5. The minimum Gasteiger partial charge on any atom is -0.399 e. The number of fused-ring (bicyclic) bond motifs is 3. The Kier molecular flexibility index (Phi) is 4.48. The minimum atomic E-state index is -0.203. The van der Waals surface area contributed by atoms with Crippen molar-refractivity contribution in [3.05, 3.63) is 95.7 Å². The maximum Gasteiger partial charge on any atom is 0.256 e. The molecule has 5 heteroatoms. The maximum absolute atomic E-state index is 12.8. The second-order valence-corrected chi connectivity index (χ2v) is 7.32. The lowest BCUT2D eigenvalue weighted by molar-refractivity contribution is 0.102. The molecule has 1 aromatic heterocycles. The summed E-state index contributed by atoms with van der Waals surface area (Å²) in [6.07, 6.45) is 1.60. The first-order valence-electron chi connectivity index (χ1n) is 9.90. The third-order valence-electron chi connectivity index (χ3n) is 5.30. The molecular weight excluding hydrogens is 372 g/mol. The Hall–Kier alpha value is -3.99. The van der Waals surface area contributed by atoms with E-state index in [1.165, 1.54) is 5.56 Å². The molecule has 0 saturated heterocycles. The van der Waals surface area contributed by atoms with Crippen LogP contribution >= 0.6 is 0 Å². The number of nitrogens with two attached hydrogens (primary N) is 1. The number of hydrogen-bond donors (Lipinski definition) is 2. The number of hydrogen-bond acceptors (Lipinski definition) is 4. The summed E-state index contributed by atoms with van der Waals surface area (Å²) >= 11 is 0. The number of carbonyl (C=O) groups excluding carboxylic acids is 1. The van der Waals surface area contributed by atoms with Crippen LogP contribution in [0.15, 0.2) is 78.9 Å². The first kappa shape index (κ1) is 18.1. The molecule has 5 nitrogen and oxygen atoms in total. The Morgan fingerprint density at radius 2 is 1.57 bits per heavy atom. The van der Waals surface area contributed by atoms with Crippen molar-refractivity contribution in [3.8, 4) is 22.5 Å². The molecule has 0 bridgehead atoms. The van der Waals surface area contributed by atoms with Crippen LogP contribution in [-0.2, 0) is 12.8 Å². The molecule has 30 heavy (non-hydrogen) atoms. The first-order valence-corrected chi connectivity index (χ1v) is 9.90. The molecule has 5 rings (SSSR count). The molecule has 0 fully saturated rings. The fourth-order valence-electron chi connectivity index (χ4n) is 3.82. The fourth-order valence-corrected chi connectivity index (χ4v) is 3.82. The van der Waals surface area contributed by atoms with E-state index in [1.807, 2.05) is 66.7 Å². The van der Waals surface area contributed by atoms with Crippen LogP contribution < -0.4 is 11.1 Å². The monoisotopic (exact) mass is 392 g/mol. The Bertz CT molecular complexity index is 1240. The van der Waals surface area contributed by atoms with Gasteiger partial charge in [-0.3, -0.25) is 4.79 Å². The van der Waals surface area contributed by atoms with Gasteiger partial charge in [-0.2, -0.15) is 0 Å². The van der Waals surface area contributed by atoms with Gasteiger partial charge in [-0.15, -0.1) is 0 Å². The van der Waals surface area contributed by atoms with E-state index in [0.29, 0.717) is 17.1 Å². The Morgan fingerprint density at radius 3 is 2.33 bits per heavy atom. The largest absolute Gasteiger partial charge is 0.399 e. The first-order chi connectivity index (χ1) is 14.7. The van der Waals surface area contributed by atoms with Gasteiger partial charge < -0.3 is 11.1 Å². The van der Waals surface area contributed by atoms with Crippen LogP contribution in [0.4, 0.5) is 11.5 Å². The van der Waals surface area contributed by atoms with Gasteiger partial charge >= 0.3 is 0 Å². The van der Waals surface area contributed by atoms with E-state index in [0.717, 1.165) is 41.0 Å².